The predicted octanol–water partition coefficient (Wildman–Crippen LogP) is 6.23. The minimum absolute atomic E-state index is 0.913. The molecule has 26 heavy (non-hydrogen) atoms. The molecule has 126 valence electrons. The summed E-state index contributed by atoms with van der Waals surface area (Å²) in [5.74, 6) is 0. The molecule has 2 nitrogen and oxygen atoms in total. The molecule has 4 aromatic carbocycles. The van der Waals surface area contributed by atoms with Gasteiger partial charge in [-0.3, -0.25) is 0 Å². The van der Waals surface area contributed by atoms with Gasteiger partial charge in [-0.2, -0.15) is 10.2 Å². The van der Waals surface area contributed by atoms with Gasteiger partial charge < -0.3 is 0 Å². The minimum Gasteiger partial charge on any atom is -0.155 e. The Kier molecular flexibility index (Phi) is 4.32. The standard InChI is InChI=1S/C24H20N2/c1-17(21-13-11-19-7-3-5-9-23(19)15-21)25-26-18(2)22-14-12-20-8-4-6-10-24(20)16-22/h3-16H,1-2H3/b25-17-,26-18-. The summed E-state index contributed by atoms with van der Waals surface area (Å²) in [4.78, 5) is 0. The van der Waals surface area contributed by atoms with E-state index >= 15 is 0 Å². The van der Waals surface area contributed by atoms with Crippen LogP contribution < -0.4 is 0 Å². The van der Waals surface area contributed by atoms with E-state index in [2.05, 4.69) is 95.1 Å². The molecule has 0 saturated heterocycles. The van der Waals surface area contributed by atoms with Crippen LogP contribution in [0.5, 0.6) is 0 Å². The van der Waals surface area contributed by atoms with Crippen LogP contribution in [0.4, 0.5) is 0 Å². The van der Waals surface area contributed by atoms with Crippen molar-refractivity contribution in [1.82, 2.24) is 0 Å². The second-order valence-electron chi connectivity index (χ2n) is 6.49. The predicted molar refractivity (Wildman–Crippen MR) is 112 cm³/mol. The van der Waals surface area contributed by atoms with E-state index in [9.17, 15) is 0 Å². The summed E-state index contributed by atoms with van der Waals surface area (Å²) in [5.41, 5.74) is 4.02. The summed E-state index contributed by atoms with van der Waals surface area (Å²) in [5, 5.41) is 13.8. The van der Waals surface area contributed by atoms with Crippen LogP contribution in [0.1, 0.15) is 25.0 Å². The maximum atomic E-state index is 4.46. The maximum Gasteiger partial charge on any atom is 0.0672 e. The van der Waals surface area contributed by atoms with Crippen LogP contribution in [-0.4, -0.2) is 11.4 Å². The molecular formula is C24H20N2. The quantitative estimate of drug-likeness (QED) is 0.313. The fourth-order valence-electron chi connectivity index (χ4n) is 3.09. The van der Waals surface area contributed by atoms with Gasteiger partial charge in [0.1, 0.15) is 0 Å². The zero-order valence-corrected chi connectivity index (χ0v) is 15.0. The van der Waals surface area contributed by atoms with Crippen LogP contribution in [0.15, 0.2) is 95.1 Å². The summed E-state index contributed by atoms with van der Waals surface area (Å²) >= 11 is 0. The average Bonchev–Trinajstić information content (AvgIpc) is 2.71. The molecule has 0 aliphatic carbocycles. The Balaban J connectivity index is 1.64. The van der Waals surface area contributed by atoms with Crippen molar-refractivity contribution in [1.29, 1.82) is 0 Å². The third-order valence-corrected chi connectivity index (χ3v) is 4.68. The van der Waals surface area contributed by atoms with Gasteiger partial charge in [0, 0.05) is 0 Å². The van der Waals surface area contributed by atoms with Crippen molar-refractivity contribution in [2.75, 3.05) is 0 Å². The molecule has 0 aliphatic rings. The van der Waals surface area contributed by atoms with Crippen molar-refractivity contribution < 1.29 is 0 Å². The Morgan fingerprint density at radius 2 is 0.885 bits per heavy atom. The first-order chi connectivity index (χ1) is 12.7. The molecule has 0 bridgehead atoms. The van der Waals surface area contributed by atoms with E-state index in [0.29, 0.717) is 0 Å². The lowest BCUT2D eigenvalue weighted by atomic mass is 10.0. The highest BCUT2D eigenvalue weighted by Gasteiger charge is 2.02. The number of hydrogen-bond donors (Lipinski definition) is 0. The maximum absolute atomic E-state index is 4.46. The molecule has 0 amide bonds. The topological polar surface area (TPSA) is 24.7 Å². The Morgan fingerprint density at radius 3 is 1.31 bits per heavy atom. The van der Waals surface area contributed by atoms with Gasteiger partial charge in [-0.25, -0.2) is 0 Å². The number of nitrogens with zero attached hydrogens (tertiary/aromatic N) is 2. The van der Waals surface area contributed by atoms with Crippen LogP contribution in [0.3, 0.4) is 0 Å². The zero-order chi connectivity index (χ0) is 17.9. The van der Waals surface area contributed by atoms with Crippen molar-refractivity contribution in [3.8, 4) is 0 Å². The van der Waals surface area contributed by atoms with Crippen molar-refractivity contribution in [2.45, 2.75) is 13.8 Å². The molecule has 0 heterocycles. The lowest BCUT2D eigenvalue weighted by Gasteiger charge is -2.04. The smallest absolute Gasteiger partial charge is 0.0672 e. The second kappa shape index (κ2) is 6.93. The fourth-order valence-corrected chi connectivity index (χ4v) is 3.09. The van der Waals surface area contributed by atoms with Gasteiger partial charge in [0.25, 0.3) is 0 Å². The third-order valence-electron chi connectivity index (χ3n) is 4.68. The van der Waals surface area contributed by atoms with E-state index in [4.69, 9.17) is 0 Å². The summed E-state index contributed by atoms with van der Waals surface area (Å²) in [6.07, 6.45) is 0. The lowest BCUT2D eigenvalue weighted by Crippen LogP contribution is -1.97. The number of benzene rings is 4. The molecule has 0 saturated carbocycles. The molecule has 0 aromatic heterocycles. The van der Waals surface area contributed by atoms with E-state index in [0.717, 1.165) is 22.6 Å². The molecule has 4 rings (SSSR count). The highest BCUT2D eigenvalue weighted by molar-refractivity contribution is 6.04. The summed E-state index contributed by atoms with van der Waals surface area (Å²) in [6.45, 7) is 4.00. The van der Waals surface area contributed by atoms with Gasteiger partial charge in [-0.05, 0) is 58.7 Å². The van der Waals surface area contributed by atoms with Crippen LogP contribution in [0.2, 0.25) is 0 Å². The molecule has 0 unspecified atom stereocenters. The Labute approximate surface area is 153 Å². The zero-order valence-electron chi connectivity index (χ0n) is 15.0. The number of hydrogen-bond acceptors (Lipinski definition) is 2. The van der Waals surface area contributed by atoms with Gasteiger partial charge >= 0.3 is 0 Å². The molecule has 0 N–H and O–H groups in total. The summed E-state index contributed by atoms with van der Waals surface area (Å²) < 4.78 is 0. The second-order valence-corrected chi connectivity index (χ2v) is 6.49. The highest BCUT2D eigenvalue weighted by atomic mass is 15.2. The van der Waals surface area contributed by atoms with E-state index < -0.39 is 0 Å². The van der Waals surface area contributed by atoms with Crippen LogP contribution in [0, 0.1) is 0 Å². The van der Waals surface area contributed by atoms with Crippen LogP contribution in [-0.2, 0) is 0 Å². The minimum atomic E-state index is 0.913. The van der Waals surface area contributed by atoms with Crippen molar-refractivity contribution in [3.63, 3.8) is 0 Å². The Bertz CT molecular complexity index is 1060. The molecule has 0 atom stereocenters. The van der Waals surface area contributed by atoms with Crippen molar-refractivity contribution in [3.05, 3.63) is 96.1 Å². The third kappa shape index (κ3) is 3.27. The summed E-state index contributed by atoms with van der Waals surface area (Å²) in [6, 6.07) is 29.5. The molecule has 0 fully saturated rings. The monoisotopic (exact) mass is 336 g/mol. The molecule has 0 spiro atoms. The first-order valence-corrected chi connectivity index (χ1v) is 8.78. The molecular weight excluding hydrogens is 316 g/mol. The number of rotatable bonds is 3. The fraction of sp³-hybridized carbons (Fsp3) is 0.0833. The lowest BCUT2D eigenvalue weighted by molar-refractivity contribution is 1.22. The van der Waals surface area contributed by atoms with E-state index in [-0.39, 0.29) is 0 Å². The van der Waals surface area contributed by atoms with Crippen molar-refractivity contribution in [2.24, 2.45) is 10.2 Å². The first kappa shape index (κ1) is 16.2. The van der Waals surface area contributed by atoms with Gasteiger partial charge in [0.2, 0.25) is 0 Å². The molecule has 2 heteroatoms. The van der Waals surface area contributed by atoms with Gasteiger partial charge in [-0.1, -0.05) is 72.8 Å². The molecule has 0 aliphatic heterocycles. The van der Waals surface area contributed by atoms with Gasteiger partial charge in [-0.15, -0.1) is 0 Å². The highest BCUT2D eigenvalue weighted by Crippen LogP contribution is 2.18. The molecule has 4 aromatic rings. The van der Waals surface area contributed by atoms with E-state index in [1.54, 1.807) is 0 Å². The van der Waals surface area contributed by atoms with Gasteiger partial charge in [0.05, 0.1) is 11.4 Å². The van der Waals surface area contributed by atoms with Crippen LogP contribution >= 0.6 is 0 Å². The average molecular weight is 336 g/mol. The SMILES string of the molecule is C/C(=N/N=C(/C)c1ccc2ccccc2c1)c1ccc2ccccc2c1. The van der Waals surface area contributed by atoms with E-state index in [1.165, 1.54) is 21.5 Å². The molecule has 0 radical (unpaired) electrons. The Hall–Kier alpha value is -3.26. The summed E-state index contributed by atoms with van der Waals surface area (Å²) in [7, 11) is 0. The van der Waals surface area contributed by atoms with Crippen LogP contribution in [0.25, 0.3) is 21.5 Å². The largest absolute Gasteiger partial charge is 0.155 e. The number of fused-ring (bicyclic) bond motifs is 2. The Morgan fingerprint density at radius 1 is 0.500 bits per heavy atom. The normalized spacial score (nSPS) is 12.7. The van der Waals surface area contributed by atoms with Crippen molar-refractivity contribution >= 4 is 33.0 Å². The van der Waals surface area contributed by atoms with E-state index in [1.807, 2.05) is 13.8 Å². The first-order valence-electron chi connectivity index (χ1n) is 8.78. The van der Waals surface area contributed by atoms with Gasteiger partial charge in [0.15, 0.2) is 0 Å².